The van der Waals surface area contributed by atoms with Gasteiger partial charge in [-0.15, -0.1) is 0 Å². The number of carbonyl (C=O) groups excluding carboxylic acids is 4. The van der Waals surface area contributed by atoms with Crippen LogP contribution in [-0.4, -0.2) is 147 Å². The molecule has 0 bridgehead atoms. The van der Waals surface area contributed by atoms with Crippen LogP contribution >= 0.6 is 0 Å². The van der Waals surface area contributed by atoms with Crippen LogP contribution in [0.3, 0.4) is 0 Å². The van der Waals surface area contributed by atoms with Crippen molar-refractivity contribution in [3.63, 3.8) is 0 Å². The summed E-state index contributed by atoms with van der Waals surface area (Å²) in [7, 11) is 0. The molecule has 3 heterocycles. The van der Waals surface area contributed by atoms with Crippen molar-refractivity contribution in [2.24, 2.45) is 0 Å². The number of amides is 4. The van der Waals surface area contributed by atoms with Crippen LogP contribution in [0.1, 0.15) is 80.3 Å². The molecule has 0 aliphatic heterocycles. The summed E-state index contributed by atoms with van der Waals surface area (Å²) in [6.07, 6.45) is 0.246. The zero-order valence-electron chi connectivity index (χ0n) is 36.4. The summed E-state index contributed by atoms with van der Waals surface area (Å²) < 4.78 is 3.31. The van der Waals surface area contributed by atoms with E-state index in [1.54, 1.807) is 30.3 Å². The van der Waals surface area contributed by atoms with Gasteiger partial charge < -0.3 is 80.9 Å². The van der Waals surface area contributed by atoms with Gasteiger partial charge in [-0.25, -0.2) is 0 Å². The number of pyridine rings is 3. The highest BCUT2D eigenvalue weighted by Gasteiger charge is 2.32. The van der Waals surface area contributed by atoms with Crippen molar-refractivity contribution in [2.45, 2.75) is 82.0 Å². The van der Waals surface area contributed by atoms with E-state index in [0.29, 0.717) is 0 Å². The van der Waals surface area contributed by atoms with Gasteiger partial charge in [0, 0.05) is 67.5 Å². The van der Waals surface area contributed by atoms with Crippen LogP contribution in [0.25, 0.3) is 0 Å². The summed E-state index contributed by atoms with van der Waals surface area (Å²) in [4.78, 5) is 91.0. The number of aliphatic hydroxyl groups is 6. The molecule has 364 valence electrons. The Morgan fingerprint density at radius 1 is 0.493 bits per heavy atom. The van der Waals surface area contributed by atoms with Crippen LogP contribution in [0.5, 0.6) is 17.2 Å². The molecule has 0 fully saturated rings. The van der Waals surface area contributed by atoms with Crippen molar-refractivity contribution in [1.29, 1.82) is 0 Å². The van der Waals surface area contributed by atoms with Crippen molar-refractivity contribution in [3.8, 4) is 17.2 Å². The maximum absolute atomic E-state index is 13.9. The molecule has 0 aliphatic carbocycles. The predicted molar refractivity (Wildman–Crippen MR) is 238 cm³/mol. The highest BCUT2D eigenvalue weighted by Crippen LogP contribution is 2.27. The molecule has 3 atom stereocenters. The third-order valence-electron chi connectivity index (χ3n) is 10.7. The average molecular weight is 940 g/mol. The molecular formula is C44H57N7O16. The third-order valence-corrected chi connectivity index (χ3v) is 10.7. The first-order chi connectivity index (χ1) is 31.9. The van der Waals surface area contributed by atoms with E-state index in [0.717, 1.165) is 31.9 Å². The molecule has 4 aromatic rings. The number of aromatic hydroxyl groups is 3. The third kappa shape index (κ3) is 14.5. The maximum atomic E-state index is 13.9. The van der Waals surface area contributed by atoms with Gasteiger partial charge in [0.25, 0.3) is 23.6 Å². The van der Waals surface area contributed by atoms with E-state index in [4.69, 9.17) is 0 Å². The topological polar surface area (TPSA) is 364 Å². The van der Waals surface area contributed by atoms with Crippen molar-refractivity contribution >= 4 is 23.6 Å². The fourth-order valence-electron chi connectivity index (χ4n) is 7.32. The van der Waals surface area contributed by atoms with Crippen LogP contribution in [0.4, 0.5) is 0 Å². The molecule has 0 saturated carbocycles. The van der Waals surface area contributed by atoms with E-state index in [2.05, 4.69) is 21.3 Å². The van der Waals surface area contributed by atoms with Crippen LogP contribution in [0.15, 0.2) is 81.5 Å². The van der Waals surface area contributed by atoms with E-state index in [9.17, 15) is 79.5 Å². The number of benzene rings is 1. The second-order valence-corrected chi connectivity index (χ2v) is 15.8. The lowest BCUT2D eigenvalue weighted by Crippen LogP contribution is -2.50. The lowest BCUT2D eigenvalue weighted by atomic mass is 9.83. The van der Waals surface area contributed by atoms with Crippen LogP contribution in [-0.2, 0) is 19.6 Å². The standard InChI is InChI=1S/C44H57N7O16/c52-24-28(55)21-49-18-9-31(58)37(61)34(49)41(65)45-15-4-12-44(48-40(64)27-7-2-1-3-8-27,13-5-16-46-42(66)35-38(62)32(59)10-19-50(35)22-29(56)25-53)14-6-17-47-43(67)36-39(63)33(60)11-20-51(36)23-30(57)26-54/h1-3,7-11,18-20,28-30,52-57,61-63H,4-6,12-17,21-26H2,(H,45,65)(H,46,66)(H,47,67)(H,48,64). The first-order valence-electron chi connectivity index (χ1n) is 21.3. The predicted octanol–water partition coefficient (Wildman–Crippen LogP) is -2.55. The minimum atomic E-state index is -1.33. The minimum absolute atomic E-state index is 0.102. The number of rotatable bonds is 26. The Kier molecular flexibility index (Phi) is 19.8. The number of nitrogens with one attached hydrogen (secondary N) is 4. The summed E-state index contributed by atoms with van der Waals surface area (Å²) in [5, 5.41) is 101. The van der Waals surface area contributed by atoms with E-state index in [1.807, 2.05) is 0 Å². The van der Waals surface area contributed by atoms with E-state index < -0.39 is 118 Å². The number of nitrogens with zero attached hydrogens (tertiary/aromatic N) is 3. The fourth-order valence-corrected chi connectivity index (χ4v) is 7.32. The minimum Gasteiger partial charge on any atom is -0.503 e. The Morgan fingerprint density at radius 3 is 1.10 bits per heavy atom. The Labute approximate surface area is 382 Å². The van der Waals surface area contributed by atoms with Gasteiger partial charge in [-0.1, -0.05) is 18.2 Å². The Morgan fingerprint density at radius 2 is 0.806 bits per heavy atom. The van der Waals surface area contributed by atoms with Gasteiger partial charge in [0.1, 0.15) is 0 Å². The number of hydrogen-bond donors (Lipinski definition) is 13. The summed E-state index contributed by atoms with van der Waals surface area (Å²) in [5.41, 5.74) is -4.96. The van der Waals surface area contributed by atoms with Gasteiger partial charge in [-0.3, -0.25) is 33.6 Å². The van der Waals surface area contributed by atoms with Gasteiger partial charge in [0.2, 0.25) is 16.3 Å². The second-order valence-electron chi connectivity index (χ2n) is 15.8. The number of carbonyl (C=O) groups is 4. The Bertz CT molecular complexity index is 2280. The van der Waals surface area contributed by atoms with Crippen molar-refractivity contribution in [2.75, 3.05) is 39.5 Å². The molecule has 0 aliphatic rings. The molecule has 0 spiro atoms. The van der Waals surface area contributed by atoms with Gasteiger partial charge in [-0.2, -0.15) is 0 Å². The van der Waals surface area contributed by atoms with Crippen molar-refractivity contribution in [1.82, 2.24) is 35.0 Å². The molecule has 0 saturated heterocycles. The molecule has 0 radical (unpaired) electrons. The fraction of sp³-hybridized carbons (Fsp3) is 0.432. The highest BCUT2D eigenvalue weighted by atomic mass is 16.3. The quantitative estimate of drug-likeness (QED) is 0.0288. The summed E-state index contributed by atoms with van der Waals surface area (Å²) >= 11 is 0. The summed E-state index contributed by atoms with van der Waals surface area (Å²) in [6.45, 7) is -3.34. The van der Waals surface area contributed by atoms with Crippen LogP contribution < -0.4 is 37.6 Å². The van der Waals surface area contributed by atoms with Crippen molar-refractivity contribution in [3.05, 3.63) is 120 Å². The highest BCUT2D eigenvalue weighted by molar-refractivity contribution is 5.96. The molecule has 23 nitrogen and oxygen atoms in total. The van der Waals surface area contributed by atoms with Gasteiger partial charge >= 0.3 is 0 Å². The van der Waals surface area contributed by atoms with E-state index in [-0.39, 0.29) is 83.4 Å². The van der Waals surface area contributed by atoms with Gasteiger partial charge in [0.05, 0.1) is 57.8 Å². The largest absolute Gasteiger partial charge is 0.503 e. The Balaban J connectivity index is 1.61. The molecule has 1 aromatic carbocycles. The number of aromatic nitrogens is 3. The summed E-state index contributed by atoms with van der Waals surface area (Å²) in [5.74, 6) is -5.88. The molecule has 3 unspecified atom stereocenters. The van der Waals surface area contributed by atoms with Crippen molar-refractivity contribution < 1.29 is 65.1 Å². The SMILES string of the molecule is O=C(NC(CCCNC(=O)c1c(O)c(=O)ccn1CC(O)CO)(CCCNC(=O)c1c(O)c(=O)ccn1CC(O)CO)CCCNC(=O)c1c(O)c(=O)ccn1CC(O)CO)c1ccccc1. The molecule has 67 heavy (non-hydrogen) atoms. The molecule has 23 heteroatoms. The van der Waals surface area contributed by atoms with E-state index in [1.165, 1.54) is 18.6 Å². The number of hydrogen-bond acceptors (Lipinski definition) is 16. The molecule has 3 aromatic heterocycles. The molecular weight excluding hydrogens is 883 g/mol. The maximum Gasteiger partial charge on any atom is 0.271 e. The zero-order valence-corrected chi connectivity index (χ0v) is 36.4. The first-order valence-corrected chi connectivity index (χ1v) is 21.3. The molecule has 4 rings (SSSR count). The van der Waals surface area contributed by atoms with Crippen LogP contribution in [0, 0.1) is 0 Å². The average Bonchev–Trinajstić information content (AvgIpc) is 3.31. The van der Waals surface area contributed by atoms with Crippen LogP contribution in [0.2, 0.25) is 0 Å². The summed E-state index contributed by atoms with van der Waals surface area (Å²) in [6, 6.07) is 11.1. The molecule has 4 amide bonds. The first kappa shape index (κ1) is 52.7. The normalized spacial score (nSPS) is 13.5. The lowest BCUT2D eigenvalue weighted by Gasteiger charge is -2.36. The monoisotopic (exact) mass is 939 g/mol. The Hall–Kier alpha value is -6.89. The van der Waals surface area contributed by atoms with E-state index >= 15 is 0 Å². The lowest BCUT2D eigenvalue weighted by molar-refractivity contribution is 0.0778. The van der Waals surface area contributed by atoms with Gasteiger partial charge in [0.15, 0.2) is 34.3 Å². The van der Waals surface area contributed by atoms with Gasteiger partial charge in [-0.05, 0) is 50.7 Å². The number of aliphatic hydroxyl groups excluding tert-OH is 6. The smallest absolute Gasteiger partial charge is 0.271 e. The second kappa shape index (κ2) is 25.1. The zero-order chi connectivity index (χ0) is 49.3. The molecule has 13 N–H and O–H groups in total.